The molecule has 1 aliphatic carbocycles. The molecule has 1 saturated carbocycles. The summed E-state index contributed by atoms with van der Waals surface area (Å²) in [7, 11) is 0. The number of thiocarbonyl (C=S) groups is 1. The molecule has 0 atom stereocenters. The van der Waals surface area contributed by atoms with Crippen LogP contribution in [0.15, 0.2) is 34.7 Å². The first-order chi connectivity index (χ1) is 10.3. The van der Waals surface area contributed by atoms with E-state index < -0.39 is 0 Å². The molecule has 0 saturated heterocycles. The fourth-order valence-electron chi connectivity index (χ4n) is 2.94. The number of furan rings is 1. The summed E-state index contributed by atoms with van der Waals surface area (Å²) in [6, 6.07) is 10.8. The second kappa shape index (κ2) is 6.94. The number of para-hydroxylation sites is 1. The van der Waals surface area contributed by atoms with Gasteiger partial charge in [0, 0.05) is 24.4 Å². The summed E-state index contributed by atoms with van der Waals surface area (Å²) in [4.78, 5) is 0. The number of hydrogen-bond acceptors (Lipinski definition) is 2. The van der Waals surface area contributed by atoms with Crippen LogP contribution in [0.3, 0.4) is 0 Å². The van der Waals surface area contributed by atoms with Crippen molar-refractivity contribution in [2.24, 2.45) is 0 Å². The van der Waals surface area contributed by atoms with Crippen molar-refractivity contribution in [3.05, 3.63) is 36.1 Å². The van der Waals surface area contributed by atoms with Gasteiger partial charge in [-0.3, -0.25) is 0 Å². The van der Waals surface area contributed by atoms with Gasteiger partial charge >= 0.3 is 0 Å². The van der Waals surface area contributed by atoms with Crippen LogP contribution in [0.5, 0.6) is 0 Å². The predicted molar refractivity (Wildman–Crippen MR) is 90.5 cm³/mol. The maximum atomic E-state index is 5.80. The van der Waals surface area contributed by atoms with Crippen molar-refractivity contribution in [3.8, 4) is 0 Å². The van der Waals surface area contributed by atoms with Crippen LogP contribution in [0.2, 0.25) is 0 Å². The van der Waals surface area contributed by atoms with Crippen molar-refractivity contribution < 1.29 is 4.42 Å². The first-order valence-corrected chi connectivity index (χ1v) is 8.24. The molecule has 1 aliphatic rings. The van der Waals surface area contributed by atoms with Crippen molar-refractivity contribution in [1.29, 1.82) is 0 Å². The summed E-state index contributed by atoms with van der Waals surface area (Å²) in [6.07, 6.45) is 7.33. The van der Waals surface area contributed by atoms with Crippen molar-refractivity contribution >= 4 is 28.3 Å². The molecule has 0 bridgehead atoms. The highest BCUT2D eigenvalue weighted by Gasteiger charge is 2.13. The van der Waals surface area contributed by atoms with E-state index in [1.165, 1.54) is 32.1 Å². The third kappa shape index (κ3) is 3.97. The number of benzene rings is 1. The molecule has 0 radical (unpaired) electrons. The van der Waals surface area contributed by atoms with Crippen LogP contribution in [-0.2, 0) is 6.42 Å². The third-order valence-corrected chi connectivity index (χ3v) is 4.34. The van der Waals surface area contributed by atoms with E-state index >= 15 is 0 Å². The van der Waals surface area contributed by atoms with Crippen LogP contribution >= 0.6 is 12.2 Å². The molecule has 21 heavy (non-hydrogen) atoms. The Morgan fingerprint density at radius 3 is 2.81 bits per heavy atom. The standard InChI is InChI=1S/C17H22N2OS/c21-17(19-14-7-2-1-3-8-14)18-11-10-15-12-13-6-4-5-9-16(13)20-15/h4-6,9,12,14H,1-3,7-8,10-11H2,(H2,18,19,21). The minimum Gasteiger partial charge on any atom is -0.461 e. The van der Waals surface area contributed by atoms with Crippen LogP contribution in [0, 0.1) is 0 Å². The van der Waals surface area contributed by atoms with E-state index in [1.54, 1.807) is 0 Å². The van der Waals surface area contributed by atoms with Gasteiger partial charge in [-0.15, -0.1) is 0 Å². The quantitative estimate of drug-likeness (QED) is 0.843. The zero-order chi connectivity index (χ0) is 14.5. The predicted octanol–water partition coefficient (Wildman–Crippen LogP) is 3.77. The molecule has 1 aromatic heterocycles. The molecule has 112 valence electrons. The lowest BCUT2D eigenvalue weighted by Crippen LogP contribution is -2.43. The molecule has 3 rings (SSSR count). The van der Waals surface area contributed by atoms with Gasteiger partial charge in [0.15, 0.2) is 5.11 Å². The number of hydrogen-bond donors (Lipinski definition) is 2. The first kappa shape index (κ1) is 14.4. The molecule has 4 heteroatoms. The van der Waals surface area contributed by atoms with Crippen LogP contribution in [0.25, 0.3) is 11.0 Å². The lowest BCUT2D eigenvalue weighted by atomic mass is 9.96. The molecule has 1 heterocycles. The Morgan fingerprint density at radius 1 is 1.19 bits per heavy atom. The van der Waals surface area contributed by atoms with Crippen molar-refractivity contribution in [3.63, 3.8) is 0 Å². The minimum atomic E-state index is 0.560. The van der Waals surface area contributed by atoms with Gasteiger partial charge in [0.1, 0.15) is 11.3 Å². The van der Waals surface area contributed by atoms with Gasteiger partial charge in [-0.1, -0.05) is 37.5 Å². The first-order valence-electron chi connectivity index (χ1n) is 7.83. The molecule has 0 spiro atoms. The third-order valence-electron chi connectivity index (χ3n) is 4.07. The van der Waals surface area contributed by atoms with E-state index in [4.69, 9.17) is 16.6 Å². The number of nitrogens with one attached hydrogen (secondary N) is 2. The fraction of sp³-hybridized carbons (Fsp3) is 0.471. The van der Waals surface area contributed by atoms with Crippen LogP contribution in [0.4, 0.5) is 0 Å². The van der Waals surface area contributed by atoms with Gasteiger partial charge in [-0.25, -0.2) is 0 Å². The van der Waals surface area contributed by atoms with Gasteiger partial charge in [0.25, 0.3) is 0 Å². The Bertz CT molecular complexity index is 569. The number of fused-ring (bicyclic) bond motifs is 1. The largest absolute Gasteiger partial charge is 0.461 e. The maximum Gasteiger partial charge on any atom is 0.166 e. The average Bonchev–Trinajstić information content (AvgIpc) is 2.91. The second-order valence-corrected chi connectivity index (χ2v) is 6.14. The molecule has 2 N–H and O–H groups in total. The highest BCUT2D eigenvalue weighted by molar-refractivity contribution is 7.80. The van der Waals surface area contributed by atoms with Crippen molar-refractivity contribution in [1.82, 2.24) is 10.6 Å². The summed E-state index contributed by atoms with van der Waals surface area (Å²) in [5.41, 5.74) is 0.954. The Labute approximate surface area is 131 Å². The van der Waals surface area contributed by atoms with E-state index in [0.29, 0.717) is 6.04 Å². The highest BCUT2D eigenvalue weighted by Crippen LogP contribution is 2.19. The van der Waals surface area contributed by atoms with Gasteiger partial charge < -0.3 is 15.1 Å². The fourth-order valence-corrected chi connectivity index (χ4v) is 3.21. The second-order valence-electron chi connectivity index (χ2n) is 5.74. The summed E-state index contributed by atoms with van der Waals surface area (Å²) < 4.78 is 5.80. The lowest BCUT2D eigenvalue weighted by molar-refractivity contribution is 0.412. The smallest absolute Gasteiger partial charge is 0.166 e. The molecular formula is C17H22N2OS. The normalized spacial score (nSPS) is 16.0. The molecule has 1 aromatic carbocycles. The van der Waals surface area contributed by atoms with E-state index in [9.17, 15) is 0 Å². The van der Waals surface area contributed by atoms with Gasteiger partial charge in [0.05, 0.1) is 0 Å². The highest BCUT2D eigenvalue weighted by atomic mass is 32.1. The summed E-state index contributed by atoms with van der Waals surface area (Å²) in [5.74, 6) is 1.00. The Hall–Kier alpha value is -1.55. The minimum absolute atomic E-state index is 0.560. The average molecular weight is 302 g/mol. The molecule has 1 fully saturated rings. The van der Waals surface area contributed by atoms with E-state index in [2.05, 4.69) is 22.8 Å². The zero-order valence-electron chi connectivity index (χ0n) is 12.2. The van der Waals surface area contributed by atoms with Gasteiger partial charge in [0.2, 0.25) is 0 Å². The topological polar surface area (TPSA) is 37.2 Å². The van der Waals surface area contributed by atoms with Crippen molar-refractivity contribution in [2.45, 2.75) is 44.6 Å². The molecular weight excluding hydrogens is 280 g/mol. The Balaban J connectivity index is 1.43. The molecule has 0 aliphatic heterocycles. The van der Waals surface area contributed by atoms with E-state index in [-0.39, 0.29) is 0 Å². The molecule has 2 aromatic rings. The maximum absolute atomic E-state index is 5.80. The van der Waals surface area contributed by atoms with E-state index in [0.717, 1.165) is 34.8 Å². The van der Waals surface area contributed by atoms with Gasteiger partial charge in [-0.2, -0.15) is 0 Å². The van der Waals surface area contributed by atoms with Crippen molar-refractivity contribution in [2.75, 3.05) is 6.54 Å². The lowest BCUT2D eigenvalue weighted by Gasteiger charge is -2.24. The zero-order valence-corrected chi connectivity index (χ0v) is 13.0. The summed E-state index contributed by atoms with van der Waals surface area (Å²) >= 11 is 5.36. The van der Waals surface area contributed by atoms with Crippen LogP contribution < -0.4 is 10.6 Å². The Morgan fingerprint density at radius 2 is 2.00 bits per heavy atom. The monoisotopic (exact) mass is 302 g/mol. The number of rotatable bonds is 4. The molecule has 3 nitrogen and oxygen atoms in total. The molecule has 0 amide bonds. The summed E-state index contributed by atoms with van der Waals surface area (Å²) in [5, 5.41) is 8.64. The van der Waals surface area contributed by atoms with Crippen LogP contribution in [0.1, 0.15) is 37.9 Å². The van der Waals surface area contributed by atoms with Crippen LogP contribution in [-0.4, -0.2) is 17.7 Å². The van der Waals surface area contributed by atoms with E-state index in [1.807, 2.05) is 18.2 Å². The Kier molecular flexibility index (Phi) is 4.76. The van der Waals surface area contributed by atoms with Gasteiger partial charge in [-0.05, 0) is 37.2 Å². The molecule has 0 unspecified atom stereocenters. The SMILES string of the molecule is S=C(NCCc1cc2ccccc2o1)NC1CCCCC1. The summed E-state index contributed by atoms with van der Waals surface area (Å²) in [6.45, 7) is 0.804.